The maximum Gasteiger partial charge on any atom is 0.126 e. The summed E-state index contributed by atoms with van der Waals surface area (Å²) in [6.07, 6.45) is 0. The number of benzene rings is 2. The number of rotatable bonds is 4. The molecule has 1 nitrogen and oxygen atoms in total. The smallest absolute Gasteiger partial charge is 0.126 e. The van der Waals surface area contributed by atoms with E-state index in [4.69, 9.17) is 0 Å². The average Bonchev–Trinajstić information content (AvgIpc) is 2.40. The Morgan fingerprint density at radius 1 is 1.05 bits per heavy atom. The Kier molecular flexibility index (Phi) is 4.27. The molecular formula is C16H17F2N. The zero-order chi connectivity index (χ0) is 13.8. The van der Waals surface area contributed by atoms with Gasteiger partial charge in [0.15, 0.2) is 0 Å². The van der Waals surface area contributed by atoms with E-state index in [0.29, 0.717) is 12.1 Å². The number of halogens is 2. The predicted molar refractivity (Wildman–Crippen MR) is 72.8 cm³/mol. The number of nitrogens with one attached hydrogen (secondary N) is 1. The minimum atomic E-state index is -0.239. The van der Waals surface area contributed by atoms with Crippen molar-refractivity contribution in [3.05, 3.63) is 70.8 Å². The van der Waals surface area contributed by atoms with Gasteiger partial charge < -0.3 is 5.32 Å². The monoisotopic (exact) mass is 261 g/mol. The van der Waals surface area contributed by atoms with Crippen molar-refractivity contribution in [1.29, 1.82) is 0 Å². The summed E-state index contributed by atoms with van der Waals surface area (Å²) in [5, 5.41) is 3.29. The van der Waals surface area contributed by atoms with Crippen molar-refractivity contribution in [1.82, 2.24) is 5.32 Å². The number of hydrogen-bond donors (Lipinski definition) is 1. The van der Waals surface area contributed by atoms with E-state index in [1.165, 1.54) is 12.1 Å². The van der Waals surface area contributed by atoms with Crippen LogP contribution in [-0.4, -0.2) is 0 Å². The van der Waals surface area contributed by atoms with Gasteiger partial charge in [0.25, 0.3) is 0 Å². The highest BCUT2D eigenvalue weighted by atomic mass is 19.1. The quantitative estimate of drug-likeness (QED) is 0.872. The summed E-state index contributed by atoms with van der Waals surface area (Å²) in [5.74, 6) is -0.426. The van der Waals surface area contributed by atoms with Crippen LogP contribution in [-0.2, 0) is 6.54 Å². The Bertz CT molecular complexity index is 549. The third-order valence-corrected chi connectivity index (χ3v) is 3.22. The van der Waals surface area contributed by atoms with Gasteiger partial charge >= 0.3 is 0 Å². The molecular weight excluding hydrogens is 244 g/mol. The Morgan fingerprint density at radius 3 is 2.37 bits per heavy atom. The zero-order valence-electron chi connectivity index (χ0n) is 11.1. The zero-order valence-corrected chi connectivity index (χ0v) is 11.1. The van der Waals surface area contributed by atoms with Crippen LogP contribution in [0.25, 0.3) is 0 Å². The van der Waals surface area contributed by atoms with Crippen molar-refractivity contribution in [2.24, 2.45) is 0 Å². The van der Waals surface area contributed by atoms with Gasteiger partial charge in [0.05, 0.1) is 0 Å². The van der Waals surface area contributed by atoms with Crippen LogP contribution < -0.4 is 5.32 Å². The van der Waals surface area contributed by atoms with E-state index >= 15 is 0 Å². The van der Waals surface area contributed by atoms with Gasteiger partial charge in [0, 0.05) is 12.6 Å². The minimum Gasteiger partial charge on any atom is -0.306 e. The van der Waals surface area contributed by atoms with Gasteiger partial charge in [0.1, 0.15) is 11.6 Å². The molecule has 0 aromatic heterocycles. The molecule has 0 aliphatic carbocycles. The van der Waals surface area contributed by atoms with Crippen LogP contribution in [0.2, 0.25) is 0 Å². The lowest BCUT2D eigenvalue weighted by Gasteiger charge is -2.14. The van der Waals surface area contributed by atoms with E-state index in [2.05, 4.69) is 5.32 Å². The molecule has 1 unspecified atom stereocenters. The molecule has 0 amide bonds. The molecule has 19 heavy (non-hydrogen) atoms. The van der Waals surface area contributed by atoms with Crippen molar-refractivity contribution >= 4 is 0 Å². The first-order chi connectivity index (χ1) is 9.06. The maximum absolute atomic E-state index is 13.4. The fourth-order valence-corrected chi connectivity index (χ4v) is 1.89. The fourth-order valence-electron chi connectivity index (χ4n) is 1.89. The van der Waals surface area contributed by atoms with Gasteiger partial charge in [-0.2, -0.15) is 0 Å². The van der Waals surface area contributed by atoms with Crippen LogP contribution in [0.4, 0.5) is 8.78 Å². The van der Waals surface area contributed by atoms with Gasteiger partial charge in [0.2, 0.25) is 0 Å². The minimum absolute atomic E-state index is 0.0879. The van der Waals surface area contributed by atoms with Crippen molar-refractivity contribution in [2.45, 2.75) is 26.4 Å². The van der Waals surface area contributed by atoms with E-state index in [-0.39, 0.29) is 17.7 Å². The van der Waals surface area contributed by atoms with Gasteiger partial charge in [-0.1, -0.05) is 24.3 Å². The summed E-state index contributed by atoms with van der Waals surface area (Å²) in [6, 6.07) is 11.7. The highest BCUT2D eigenvalue weighted by Gasteiger charge is 2.06. The molecule has 1 N–H and O–H groups in total. The normalized spacial score (nSPS) is 12.4. The first kappa shape index (κ1) is 13.7. The van der Waals surface area contributed by atoms with Crippen LogP contribution >= 0.6 is 0 Å². The summed E-state index contributed by atoms with van der Waals surface area (Å²) in [5.41, 5.74) is 2.56. The van der Waals surface area contributed by atoms with Crippen molar-refractivity contribution < 1.29 is 8.78 Å². The molecule has 1 atom stereocenters. The standard InChI is InChI=1S/C16H17F2N/c1-11-3-4-13(9-16(11)18)10-19-12(2)14-5-7-15(17)8-6-14/h3-9,12,19H,10H2,1-2H3. The van der Waals surface area contributed by atoms with Crippen molar-refractivity contribution in [3.8, 4) is 0 Å². The molecule has 100 valence electrons. The Balaban J connectivity index is 1.98. The van der Waals surface area contributed by atoms with Crippen LogP contribution in [0.15, 0.2) is 42.5 Å². The molecule has 2 rings (SSSR count). The molecule has 0 saturated carbocycles. The van der Waals surface area contributed by atoms with Gasteiger partial charge in [-0.05, 0) is 48.7 Å². The van der Waals surface area contributed by atoms with E-state index in [9.17, 15) is 8.78 Å². The average molecular weight is 261 g/mol. The second kappa shape index (κ2) is 5.93. The van der Waals surface area contributed by atoms with Crippen molar-refractivity contribution in [3.63, 3.8) is 0 Å². The van der Waals surface area contributed by atoms with E-state index in [0.717, 1.165) is 11.1 Å². The molecule has 0 heterocycles. The van der Waals surface area contributed by atoms with Gasteiger partial charge in [-0.25, -0.2) is 8.78 Å². The number of aryl methyl sites for hydroxylation is 1. The summed E-state index contributed by atoms with van der Waals surface area (Å²) < 4.78 is 26.2. The maximum atomic E-state index is 13.4. The van der Waals surface area contributed by atoms with Crippen LogP contribution in [0.5, 0.6) is 0 Å². The molecule has 0 aliphatic heterocycles. The second-order valence-electron chi connectivity index (χ2n) is 4.74. The first-order valence-corrected chi connectivity index (χ1v) is 6.30. The summed E-state index contributed by atoms with van der Waals surface area (Å²) in [7, 11) is 0. The lowest BCUT2D eigenvalue weighted by molar-refractivity contribution is 0.565. The summed E-state index contributed by atoms with van der Waals surface area (Å²) in [4.78, 5) is 0. The molecule has 0 spiro atoms. The Morgan fingerprint density at radius 2 is 1.74 bits per heavy atom. The highest BCUT2D eigenvalue weighted by Crippen LogP contribution is 2.14. The lowest BCUT2D eigenvalue weighted by Crippen LogP contribution is -2.18. The highest BCUT2D eigenvalue weighted by molar-refractivity contribution is 5.24. The number of hydrogen-bond acceptors (Lipinski definition) is 1. The van der Waals surface area contributed by atoms with Crippen LogP contribution in [0.1, 0.15) is 29.7 Å². The summed E-state index contributed by atoms with van der Waals surface area (Å²) >= 11 is 0. The van der Waals surface area contributed by atoms with Crippen LogP contribution in [0.3, 0.4) is 0 Å². The molecule has 2 aromatic carbocycles. The third-order valence-electron chi connectivity index (χ3n) is 3.22. The molecule has 0 fully saturated rings. The lowest BCUT2D eigenvalue weighted by atomic mass is 10.1. The summed E-state index contributed by atoms with van der Waals surface area (Å²) in [6.45, 7) is 4.32. The molecule has 0 radical (unpaired) electrons. The Labute approximate surface area is 112 Å². The molecule has 2 aromatic rings. The predicted octanol–water partition coefficient (Wildman–Crippen LogP) is 4.12. The molecule has 0 saturated heterocycles. The van der Waals surface area contributed by atoms with E-state index in [1.54, 1.807) is 31.2 Å². The SMILES string of the molecule is Cc1ccc(CNC(C)c2ccc(F)cc2)cc1F. The molecule has 0 bridgehead atoms. The van der Waals surface area contributed by atoms with E-state index in [1.807, 2.05) is 13.0 Å². The molecule has 3 heteroatoms. The first-order valence-electron chi connectivity index (χ1n) is 6.30. The third kappa shape index (κ3) is 3.61. The topological polar surface area (TPSA) is 12.0 Å². The van der Waals surface area contributed by atoms with Gasteiger partial charge in [-0.3, -0.25) is 0 Å². The van der Waals surface area contributed by atoms with E-state index < -0.39 is 0 Å². The molecule has 0 aliphatic rings. The fraction of sp³-hybridized carbons (Fsp3) is 0.250. The largest absolute Gasteiger partial charge is 0.306 e. The van der Waals surface area contributed by atoms with Crippen LogP contribution in [0, 0.1) is 18.6 Å². The van der Waals surface area contributed by atoms with Gasteiger partial charge in [-0.15, -0.1) is 0 Å². The second-order valence-corrected chi connectivity index (χ2v) is 4.74. The Hall–Kier alpha value is -1.74. The van der Waals surface area contributed by atoms with Crippen molar-refractivity contribution in [2.75, 3.05) is 0 Å².